The molecule has 4 rings (SSSR count). The topological polar surface area (TPSA) is 55.9 Å². The molecule has 0 radical (unpaired) electrons. The Morgan fingerprint density at radius 2 is 1.72 bits per heavy atom. The van der Waals surface area contributed by atoms with E-state index in [0.29, 0.717) is 26.1 Å². The molecular formula is C22H25ClN4O2. The summed E-state index contributed by atoms with van der Waals surface area (Å²) in [4.78, 5) is 30.3. The van der Waals surface area contributed by atoms with Crippen LogP contribution in [0.4, 0.5) is 16.2 Å². The first-order valence-electron chi connectivity index (χ1n) is 10.0. The third-order valence-corrected chi connectivity index (χ3v) is 5.74. The molecule has 2 heterocycles. The van der Waals surface area contributed by atoms with Gasteiger partial charge in [0, 0.05) is 62.1 Å². The van der Waals surface area contributed by atoms with Gasteiger partial charge >= 0.3 is 6.03 Å². The lowest BCUT2D eigenvalue weighted by Crippen LogP contribution is -2.51. The maximum Gasteiger partial charge on any atom is 0.317 e. The highest BCUT2D eigenvalue weighted by Crippen LogP contribution is 2.22. The van der Waals surface area contributed by atoms with Gasteiger partial charge in [0.25, 0.3) is 0 Å². The molecule has 0 bridgehead atoms. The Morgan fingerprint density at radius 3 is 2.38 bits per heavy atom. The molecule has 29 heavy (non-hydrogen) atoms. The van der Waals surface area contributed by atoms with Crippen LogP contribution in [0.3, 0.4) is 0 Å². The van der Waals surface area contributed by atoms with Crippen LogP contribution in [0.1, 0.15) is 18.4 Å². The lowest BCUT2D eigenvalue weighted by Gasteiger charge is -2.36. The highest BCUT2D eigenvalue weighted by atomic mass is 35.5. The third-order valence-electron chi connectivity index (χ3n) is 5.51. The van der Waals surface area contributed by atoms with Crippen LogP contribution in [0, 0.1) is 0 Å². The normalized spacial score (nSPS) is 17.0. The molecular weight excluding hydrogens is 388 g/mol. The molecule has 2 aromatic rings. The van der Waals surface area contributed by atoms with Gasteiger partial charge in [-0.1, -0.05) is 29.8 Å². The smallest absolute Gasteiger partial charge is 0.317 e. The summed E-state index contributed by atoms with van der Waals surface area (Å²) in [5.41, 5.74) is 3.04. The minimum atomic E-state index is -0.0467. The molecule has 0 spiro atoms. The first-order chi connectivity index (χ1) is 14.1. The van der Waals surface area contributed by atoms with Gasteiger partial charge in [0.1, 0.15) is 0 Å². The fourth-order valence-corrected chi connectivity index (χ4v) is 4.03. The van der Waals surface area contributed by atoms with Crippen molar-refractivity contribution in [3.63, 3.8) is 0 Å². The molecule has 152 valence electrons. The zero-order chi connectivity index (χ0) is 20.2. The average molecular weight is 413 g/mol. The number of amides is 3. The highest BCUT2D eigenvalue weighted by molar-refractivity contribution is 6.30. The van der Waals surface area contributed by atoms with Crippen molar-refractivity contribution in [1.29, 1.82) is 0 Å². The number of halogens is 1. The van der Waals surface area contributed by atoms with Gasteiger partial charge in [0.05, 0.1) is 0 Å². The summed E-state index contributed by atoms with van der Waals surface area (Å²) in [7, 11) is 0. The average Bonchev–Trinajstić information content (AvgIpc) is 3.18. The fourth-order valence-electron chi connectivity index (χ4n) is 3.84. The number of piperazine rings is 1. The molecule has 7 heteroatoms. The summed E-state index contributed by atoms with van der Waals surface area (Å²) in [6.45, 7) is 4.18. The van der Waals surface area contributed by atoms with E-state index in [-0.39, 0.29) is 11.9 Å². The molecule has 0 aliphatic carbocycles. The summed E-state index contributed by atoms with van der Waals surface area (Å²) in [6, 6.07) is 15.6. The molecule has 2 aliphatic rings. The largest absolute Gasteiger partial charge is 0.368 e. The van der Waals surface area contributed by atoms with Crippen molar-refractivity contribution in [2.24, 2.45) is 0 Å². The Morgan fingerprint density at radius 1 is 0.966 bits per heavy atom. The number of hydrogen-bond acceptors (Lipinski definition) is 3. The van der Waals surface area contributed by atoms with Crippen LogP contribution in [0.2, 0.25) is 5.02 Å². The predicted octanol–water partition coefficient (Wildman–Crippen LogP) is 3.50. The van der Waals surface area contributed by atoms with Gasteiger partial charge < -0.3 is 20.0 Å². The lowest BCUT2D eigenvalue weighted by molar-refractivity contribution is -0.117. The molecule has 0 atom stereocenters. The number of rotatable bonds is 4. The number of carbonyl (C=O) groups excluding carboxylic acids is 2. The number of anilines is 2. The van der Waals surface area contributed by atoms with Gasteiger partial charge in [0.15, 0.2) is 0 Å². The van der Waals surface area contributed by atoms with E-state index in [0.717, 1.165) is 48.0 Å². The predicted molar refractivity (Wildman–Crippen MR) is 116 cm³/mol. The van der Waals surface area contributed by atoms with Crippen LogP contribution >= 0.6 is 11.6 Å². The summed E-state index contributed by atoms with van der Waals surface area (Å²) < 4.78 is 0. The molecule has 6 nitrogen and oxygen atoms in total. The number of benzene rings is 2. The molecule has 3 amide bonds. The van der Waals surface area contributed by atoms with Crippen molar-refractivity contribution >= 4 is 34.9 Å². The van der Waals surface area contributed by atoms with Crippen LogP contribution < -0.4 is 15.1 Å². The van der Waals surface area contributed by atoms with Crippen molar-refractivity contribution in [2.45, 2.75) is 19.4 Å². The maximum absolute atomic E-state index is 12.5. The fraction of sp³-hybridized carbons (Fsp3) is 0.364. The minimum Gasteiger partial charge on any atom is -0.368 e. The van der Waals surface area contributed by atoms with E-state index in [1.54, 1.807) is 0 Å². The van der Waals surface area contributed by atoms with Gasteiger partial charge in [-0.3, -0.25) is 4.79 Å². The maximum atomic E-state index is 12.5. The van der Waals surface area contributed by atoms with Gasteiger partial charge in [-0.2, -0.15) is 0 Å². The van der Waals surface area contributed by atoms with E-state index in [2.05, 4.69) is 10.2 Å². The Hall–Kier alpha value is -2.73. The Labute approximate surface area is 176 Å². The molecule has 1 N–H and O–H groups in total. The summed E-state index contributed by atoms with van der Waals surface area (Å²) in [5, 5.41) is 3.72. The molecule has 0 saturated carbocycles. The van der Waals surface area contributed by atoms with Crippen molar-refractivity contribution in [3.05, 3.63) is 59.1 Å². The minimum absolute atomic E-state index is 0.0467. The van der Waals surface area contributed by atoms with E-state index < -0.39 is 0 Å². The van der Waals surface area contributed by atoms with Crippen LogP contribution in [0.25, 0.3) is 0 Å². The first-order valence-corrected chi connectivity index (χ1v) is 10.4. The van der Waals surface area contributed by atoms with E-state index in [9.17, 15) is 9.59 Å². The van der Waals surface area contributed by atoms with Gasteiger partial charge in [0.2, 0.25) is 5.91 Å². The Bertz CT molecular complexity index is 879. The SMILES string of the molecule is O=C(NCc1ccc(N2CCCC2=O)cc1)N1CCN(c2cccc(Cl)c2)CC1. The Balaban J connectivity index is 1.25. The van der Waals surface area contributed by atoms with E-state index in [4.69, 9.17) is 11.6 Å². The van der Waals surface area contributed by atoms with Crippen LogP contribution in [-0.4, -0.2) is 49.6 Å². The second-order valence-corrected chi connectivity index (χ2v) is 7.86. The summed E-state index contributed by atoms with van der Waals surface area (Å²) >= 11 is 6.08. The molecule has 0 unspecified atom stereocenters. The van der Waals surface area contributed by atoms with Crippen LogP contribution in [0.5, 0.6) is 0 Å². The number of urea groups is 1. The van der Waals surface area contributed by atoms with Crippen molar-refractivity contribution in [1.82, 2.24) is 10.2 Å². The van der Waals surface area contributed by atoms with Crippen LogP contribution in [-0.2, 0) is 11.3 Å². The number of nitrogens with one attached hydrogen (secondary N) is 1. The van der Waals surface area contributed by atoms with Crippen molar-refractivity contribution in [2.75, 3.05) is 42.5 Å². The van der Waals surface area contributed by atoms with Crippen molar-refractivity contribution < 1.29 is 9.59 Å². The van der Waals surface area contributed by atoms with Crippen molar-refractivity contribution in [3.8, 4) is 0 Å². The van der Waals surface area contributed by atoms with E-state index in [1.165, 1.54) is 0 Å². The highest BCUT2D eigenvalue weighted by Gasteiger charge is 2.22. The monoisotopic (exact) mass is 412 g/mol. The second-order valence-electron chi connectivity index (χ2n) is 7.43. The molecule has 2 fully saturated rings. The number of nitrogens with zero attached hydrogens (tertiary/aromatic N) is 3. The standard InChI is InChI=1S/C22H25ClN4O2/c23-18-3-1-4-20(15-18)25-11-13-26(14-12-25)22(29)24-16-17-6-8-19(9-7-17)27-10-2-5-21(27)28/h1,3-4,6-9,15H,2,5,10-14,16H2,(H,24,29). The van der Waals surface area contributed by atoms with Gasteiger partial charge in [-0.15, -0.1) is 0 Å². The zero-order valence-corrected chi connectivity index (χ0v) is 17.1. The quantitative estimate of drug-likeness (QED) is 0.836. The summed E-state index contributed by atoms with van der Waals surface area (Å²) in [6.07, 6.45) is 1.55. The molecule has 2 saturated heterocycles. The number of hydrogen-bond donors (Lipinski definition) is 1. The molecule has 0 aromatic heterocycles. The van der Waals surface area contributed by atoms with E-state index in [1.807, 2.05) is 58.3 Å². The first kappa shape index (κ1) is 19.6. The molecule has 2 aromatic carbocycles. The van der Waals surface area contributed by atoms with Gasteiger partial charge in [-0.25, -0.2) is 4.79 Å². The number of carbonyl (C=O) groups is 2. The molecule has 2 aliphatic heterocycles. The Kier molecular flexibility index (Phi) is 5.90. The van der Waals surface area contributed by atoms with Gasteiger partial charge in [-0.05, 0) is 42.3 Å². The van der Waals surface area contributed by atoms with E-state index >= 15 is 0 Å². The summed E-state index contributed by atoms with van der Waals surface area (Å²) in [5.74, 6) is 0.183. The zero-order valence-electron chi connectivity index (χ0n) is 16.3. The second kappa shape index (κ2) is 8.74. The lowest BCUT2D eigenvalue weighted by atomic mass is 10.2. The third kappa shape index (κ3) is 4.65. The van der Waals surface area contributed by atoms with Crippen LogP contribution in [0.15, 0.2) is 48.5 Å².